The Morgan fingerprint density at radius 1 is 1.12 bits per heavy atom. The first-order valence-electron chi connectivity index (χ1n) is 10.5. The maximum absolute atomic E-state index is 13.6. The summed E-state index contributed by atoms with van der Waals surface area (Å²) in [5, 5.41) is 2.11. The van der Waals surface area contributed by atoms with Crippen LogP contribution in [0.1, 0.15) is 42.7 Å². The van der Waals surface area contributed by atoms with Gasteiger partial charge in [0.2, 0.25) is 0 Å². The monoisotopic (exact) mass is 493 g/mol. The van der Waals surface area contributed by atoms with Gasteiger partial charge in [-0.3, -0.25) is 9.78 Å². The maximum Gasteiger partial charge on any atom is 0.420 e. The number of pyridine rings is 2. The van der Waals surface area contributed by atoms with E-state index in [1.807, 2.05) is 19.9 Å². The van der Waals surface area contributed by atoms with Gasteiger partial charge in [0.25, 0.3) is 5.91 Å². The third-order valence-corrected chi connectivity index (χ3v) is 5.10. The van der Waals surface area contributed by atoms with Crippen LogP contribution in [0.4, 0.5) is 30.5 Å². The van der Waals surface area contributed by atoms with Crippen LogP contribution in [0, 0.1) is 0 Å². The highest BCUT2D eigenvalue weighted by Gasteiger charge is 2.38. The molecule has 0 atom stereocenters. The minimum Gasteiger partial charge on any atom is -0.382 e. The number of carbonyl (C=O) groups is 1. The van der Waals surface area contributed by atoms with Crippen molar-refractivity contribution in [2.45, 2.75) is 32.9 Å². The second kappa shape index (κ2) is 10.6. The number of anilines is 3. The van der Waals surface area contributed by atoms with E-state index in [1.54, 1.807) is 6.07 Å². The van der Waals surface area contributed by atoms with Gasteiger partial charge in [0.15, 0.2) is 17.3 Å². The van der Waals surface area contributed by atoms with Gasteiger partial charge >= 0.3 is 6.18 Å². The normalized spacial score (nSPS) is 11.4. The van der Waals surface area contributed by atoms with Crippen molar-refractivity contribution in [2.24, 2.45) is 0 Å². The molecule has 3 N–H and O–H groups in total. The Hall–Kier alpha value is -3.47. The molecule has 8 nitrogen and oxygen atoms in total. The van der Waals surface area contributed by atoms with Crippen LogP contribution in [0.15, 0.2) is 36.8 Å². The number of amides is 1. The van der Waals surface area contributed by atoms with Crippen LogP contribution in [0.2, 0.25) is 5.02 Å². The number of hydrogen-bond acceptors (Lipinski definition) is 7. The van der Waals surface area contributed by atoms with Crippen molar-refractivity contribution >= 4 is 34.8 Å². The second-order valence-corrected chi connectivity index (χ2v) is 7.72. The van der Waals surface area contributed by atoms with Crippen LogP contribution < -0.4 is 16.0 Å². The van der Waals surface area contributed by atoms with E-state index in [4.69, 9.17) is 17.3 Å². The Bertz CT molecular complexity index is 1170. The molecular weight excluding hydrogens is 471 g/mol. The zero-order valence-corrected chi connectivity index (χ0v) is 19.3. The van der Waals surface area contributed by atoms with Crippen molar-refractivity contribution in [3.05, 3.63) is 53.1 Å². The predicted molar refractivity (Wildman–Crippen MR) is 125 cm³/mol. The van der Waals surface area contributed by atoms with E-state index in [1.165, 1.54) is 6.20 Å². The lowest BCUT2D eigenvalue weighted by molar-refractivity contribution is -0.137. The summed E-state index contributed by atoms with van der Waals surface area (Å²) in [4.78, 5) is 31.0. The number of aromatic nitrogens is 4. The van der Waals surface area contributed by atoms with Crippen molar-refractivity contribution in [2.75, 3.05) is 29.0 Å². The second-order valence-electron chi connectivity index (χ2n) is 7.32. The van der Waals surface area contributed by atoms with E-state index in [9.17, 15) is 18.0 Å². The Balaban J connectivity index is 2.00. The highest BCUT2D eigenvalue weighted by atomic mass is 35.5. The smallest absolute Gasteiger partial charge is 0.382 e. The Kier molecular flexibility index (Phi) is 7.87. The van der Waals surface area contributed by atoms with Gasteiger partial charge in [-0.25, -0.2) is 15.0 Å². The lowest BCUT2D eigenvalue weighted by atomic mass is 10.1. The summed E-state index contributed by atoms with van der Waals surface area (Å²) in [5.41, 5.74) is 4.15. The molecule has 0 aromatic carbocycles. The van der Waals surface area contributed by atoms with Gasteiger partial charge in [-0.1, -0.05) is 25.4 Å². The number of nitrogens with zero attached hydrogens (tertiary/aromatic N) is 5. The van der Waals surface area contributed by atoms with Crippen molar-refractivity contribution < 1.29 is 18.0 Å². The molecule has 0 bridgehead atoms. The molecule has 0 saturated carbocycles. The van der Waals surface area contributed by atoms with Crippen molar-refractivity contribution in [1.82, 2.24) is 19.9 Å². The van der Waals surface area contributed by atoms with Crippen LogP contribution in [-0.2, 0) is 6.18 Å². The summed E-state index contributed by atoms with van der Waals surface area (Å²) in [6.45, 7) is 5.58. The summed E-state index contributed by atoms with van der Waals surface area (Å²) in [6, 6.07) is 4.60. The van der Waals surface area contributed by atoms with Crippen molar-refractivity contribution in [3.8, 4) is 11.4 Å². The van der Waals surface area contributed by atoms with Crippen LogP contribution >= 0.6 is 11.6 Å². The lowest BCUT2D eigenvalue weighted by Crippen LogP contribution is -2.27. The fourth-order valence-electron chi connectivity index (χ4n) is 3.39. The molecular formula is C22H23ClF3N7O. The van der Waals surface area contributed by atoms with E-state index in [2.05, 4.69) is 30.2 Å². The van der Waals surface area contributed by atoms with Gasteiger partial charge < -0.3 is 16.0 Å². The van der Waals surface area contributed by atoms with E-state index in [0.29, 0.717) is 5.69 Å². The van der Waals surface area contributed by atoms with Gasteiger partial charge in [-0.2, -0.15) is 13.2 Å². The molecule has 1 amide bonds. The summed E-state index contributed by atoms with van der Waals surface area (Å²) >= 11 is 5.78. The average Bonchev–Trinajstić information content (AvgIpc) is 2.78. The molecule has 180 valence electrons. The molecule has 0 aliphatic rings. The fraction of sp³-hybridized carbons (Fsp3) is 0.318. The van der Waals surface area contributed by atoms with E-state index >= 15 is 0 Å². The highest BCUT2D eigenvalue weighted by molar-refractivity contribution is 6.31. The zero-order chi connectivity index (χ0) is 24.9. The number of nitrogen functional groups attached to an aromatic ring is 1. The number of hydrogen-bond donors (Lipinski definition) is 2. The Morgan fingerprint density at radius 2 is 1.82 bits per heavy atom. The molecule has 3 heterocycles. The number of rotatable bonds is 8. The molecule has 0 aliphatic carbocycles. The topological polar surface area (TPSA) is 110 Å². The third kappa shape index (κ3) is 5.53. The molecule has 12 heteroatoms. The Morgan fingerprint density at radius 3 is 2.47 bits per heavy atom. The summed E-state index contributed by atoms with van der Waals surface area (Å²) in [5.74, 6) is -0.749. The first kappa shape index (κ1) is 25.2. The fourth-order valence-corrected chi connectivity index (χ4v) is 3.64. The highest BCUT2D eigenvalue weighted by Crippen LogP contribution is 2.39. The quantitative estimate of drug-likeness (QED) is 0.451. The summed E-state index contributed by atoms with van der Waals surface area (Å²) in [7, 11) is 0. The van der Waals surface area contributed by atoms with Crippen LogP contribution in [0.25, 0.3) is 11.4 Å². The molecule has 0 radical (unpaired) electrons. The minimum absolute atomic E-state index is 0.256. The van der Waals surface area contributed by atoms with Gasteiger partial charge in [0, 0.05) is 25.5 Å². The first-order valence-corrected chi connectivity index (χ1v) is 10.9. The molecule has 0 saturated heterocycles. The molecule has 0 aliphatic heterocycles. The molecule has 3 rings (SSSR count). The van der Waals surface area contributed by atoms with E-state index in [0.717, 1.165) is 44.4 Å². The predicted octanol–water partition coefficient (Wildman–Crippen LogP) is 5.07. The molecule has 34 heavy (non-hydrogen) atoms. The SMILES string of the molecule is CCCN(CCC)c1cccnc1NC(=O)c1nc(-c2nccc(Cl)c2C(F)(F)F)cnc1N. The summed E-state index contributed by atoms with van der Waals surface area (Å²) < 4.78 is 40.7. The molecule has 0 fully saturated rings. The maximum atomic E-state index is 13.6. The number of carbonyl (C=O) groups excluding carboxylic acids is 1. The largest absolute Gasteiger partial charge is 0.420 e. The molecule has 3 aromatic rings. The number of halogens is 4. The van der Waals surface area contributed by atoms with E-state index < -0.39 is 28.4 Å². The molecule has 3 aromatic heterocycles. The Labute approximate surface area is 199 Å². The zero-order valence-electron chi connectivity index (χ0n) is 18.5. The molecule has 0 unspecified atom stereocenters. The average molecular weight is 494 g/mol. The van der Waals surface area contributed by atoms with Crippen LogP contribution in [0.3, 0.4) is 0 Å². The first-order chi connectivity index (χ1) is 16.2. The van der Waals surface area contributed by atoms with Crippen LogP contribution in [-0.4, -0.2) is 38.9 Å². The number of nitrogens with one attached hydrogen (secondary N) is 1. The lowest BCUT2D eigenvalue weighted by Gasteiger charge is -2.25. The summed E-state index contributed by atoms with van der Waals surface area (Å²) in [6.07, 6.45) is 0.619. The van der Waals surface area contributed by atoms with E-state index in [-0.39, 0.29) is 23.0 Å². The standard InChI is InChI=1S/C22H23ClF3N7O/c1-3-10-33(11-4-2)15-6-5-8-29-20(15)32-21(34)18-19(27)30-12-14(31-18)17-16(22(24,25)26)13(23)7-9-28-17/h5-9,12H,3-4,10-11H2,1-2H3,(H2,27,30)(H,29,32,34). The number of alkyl halides is 3. The number of nitrogens with two attached hydrogens (primary N) is 1. The van der Waals surface area contributed by atoms with Gasteiger partial charge in [0.1, 0.15) is 17.0 Å². The third-order valence-electron chi connectivity index (χ3n) is 4.79. The van der Waals surface area contributed by atoms with Gasteiger partial charge in [0.05, 0.1) is 16.9 Å². The van der Waals surface area contributed by atoms with Crippen molar-refractivity contribution in [1.29, 1.82) is 0 Å². The van der Waals surface area contributed by atoms with Gasteiger partial charge in [-0.15, -0.1) is 0 Å². The minimum atomic E-state index is -4.79. The van der Waals surface area contributed by atoms with Crippen LogP contribution in [0.5, 0.6) is 0 Å². The molecule has 0 spiro atoms. The van der Waals surface area contributed by atoms with Crippen molar-refractivity contribution in [3.63, 3.8) is 0 Å². The van der Waals surface area contributed by atoms with Gasteiger partial charge in [-0.05, 0) is 31.0 Å².